The van der Waals surface area contributed by atoms with Gasteiger partial charge in [0.15, 0.2) is 0 Å². The van der Waals surface area contributed by atoms with Crippen LogP contribution in [0.4, 0.5) is 11.4 Å². The number of hydrogen-bond acceptors (Lipinski definition) is 4. The van der Waals surface area contributed by atoms with Crippen molar-refractivity contribution in [3.05, 3.63) is 68.7 Å². The topological polar surface area (TPSA) is 64.4 Å². The Bertz CT molecular complexity index is 647. The maximum atomic E-state index is 11.0. The van der Waals surface area contributed by atoms with Gasteiger partial charge < -0.3 is 10.1 Å². The number of ether oxygens (including phenoxy) is 1. The maximum absolute atomic E-state index is 11.0. The third-order valence-electron chi connectivity index (χ3n) is 2.99. The number of rotatable bonds is 6. The van der Waals surface area contributed by atoms with E-state index in [-0.39, 0.29) is 12.3 Å². The fourth-order valence-corrected chi connectivity index (χ4v) is 2.27. The van der Waals surface area contributed by atoms with Crippen LogP contribution in [0.25, 0.3) is 0 Å². The van der Waals surface area contributed by atoms with E-state index in [1.165, 1.54) is 6.07 Å². The monoisotopic (exact) mass is 306 g/mol. The van der Waals surface area contributed by atoms with Gasteiger partial charge >= 0.3 is 0 Å². The Labute approximate surface area is 127 Å². The maximum Gasteiger partial charge on any atom is 0.292 e. The van der Waals surface area contributed by atoms with Crippen LogP contribution in [0.5, 0.6) is 0 Å². The van der Waals surface area contributed by atoms with Crippen LogP contribution in [0, 0.1) is 10.1 Å². The van der Waals surface area contributed by atoms with E-state index in [0.29, 0.717) is 17.3 Å². The molecule has 0 heterocycles. The number of halogens is 1. The number of hydrogen-bond donors (Lipinski definition) is 1. The minimum atomic E-state index is -0.410. The molecular weight excluding hydrogens is 292 g/mol. The summed E-state index contributed by atoms with van der Waals surface area (Å²) in [5.74, 6) is 0. The van der Waals surface area contributed by atoms with Gasteiger partial charge in [-0.1, -0.05) is 35.9 Å². The van der Waals surface area contributed by atoms with Gasteiger partial charge in [-0.3, -0.25) is 10.1 Å². The molecule has 2 rings (SSSR count). The molecule has 0 spiro atoms. The Morgan fingerprint density at radius 2 is 2.00 bits per heavy atom. The van der Waals surface area contributed by atoms with E-state index >= 15 is 0 Å². The van der Waals surface area contributed by atoms with Gasteiger partial charge in [-0.2, -0.15) is 0 Å². The van der Waals surface area contributed by atoms with Gasteiger partial charge in [-0.15, -0.1) is 0 Å². The Hall–Kier alpha value is -2.11. The van der Waals surface area contributed by atoms with Crippen molar-refractivity contribution in [2.75, 3.05) is 12.4 Å². The fraction of sp³-hybridized carbons (Fsp3) is 0.200. The molecule has 5 nitrogen and oxygen atoms in total. The zero-order chi connectivity index (χ0) is 15.2. The number of nitrogens with one attached hydrogen (secondary N) is 1. The number of para-hydroxylation sites is 1. The summed E-state index contributed by atoms with van der Waals surface area (Å²) in [7, 11) is 1.66. The highest BCUT2D eigenvalue weighted by Crippen LogP contribution is 2.28. The standard InChI is InChI=1S/C15H15ClN2O3/c1-17-15-12(5-3-7-14(15)18(19)20)10-21-9-11-4-2-6-13(16)8-11/h2-8,17H,9-10H2,1H3. The molecule has 0 aromatic heterocycles. The quantitative estimate of drug-likeness (QED) is 0.647. The minimum Gasteiger partial charge on any atom is -0.382 e. The predicted octanol–water partition coefficient (Wildman–Crippen LogP) is 4.01. The van der Waals surface area contributed by atoms with E-state index in [9.17, 15) is 10.1 Å². The van der Waals surface area contributed by atoms with E-state index in [0.717, 1.165) is 11.1 Å². The van der Waals surface area contributed by atoms with Gasteiger partial charge in [-0.25, -0.2) is 0 Å². The van der Waals surface area contributed by atoms with Crippen LogP contribution >= 0.6 is 11.6 Å². The first-order valence-corrected chi connectivity index (χ1v) is 6.76. The molecule has 0 aliphatic heterocycles. The molecule has 2 aromatic carbocycles. The summed E-state index contributed by atoms with van der Waals surface area (Å²) in [5, 5.41) is 14.5. The first-order valence-electron chi connectivity index (χ1n) is 6.38. The lowest BCUT2D eigenvalue weighted by molar-refractivity contribution is -0.384. The summed E-state index contributed by atoms with van der Waals surface area (Å²) < 4.78 is 5.62. The highest BCUT2D eigenvalue weighted by molar-refractivity contribution is 6.30. The third-order valence-corrected chi connectivity index (χ3v) is 3.23. The molecule has 0 saturated carbocycles. The lowest BCUT2D eigenvalue weighted by Gasteiger charge is -2.10. The number of nitro benzene ring substituents is 1. The van der Waals surface area contributed by atoms with E-state index in [1.807, 2.05) is 18.2 Å². The summed E-state index contributed by atoms with van der Waals surface area (Å²) in [6, 6.07) is 12.3. The lowest BCUT2D eigenvalue weighted by atomic mass is 10.1. The predicted molar refractivity (Wildman–Crippen MR) is 82.6 cm³/mol. The largest absolute Gasteiger partial charge is 0.382 e. The SMILES string of the molecule is CNc1c(COCc2cccc(Cl)c2)cccc1[N+](=O)[O-]. The van der Waals surface area contributed by atoms with Crippen LogP contribution in [0.2, 0.25) is 5.02 Å². The summed E-state index contributed by atoms with van der Waals surface area (Å²) in [6.07, 6.45) is 0. The molecule has 6 heteroatoms. The Morgan fingerprint density at radius 1 is 1.24 bits per heavy atom. The van der Waals surface area contributed by atoms with Crippen molar-refractivity contribution in [1.82, 2.24) is 0 Å². The van der Waals surface area contributed by atoms with Gasteiger partial charge in [0.1, 0.15) is 5.69 Å². The Balaban J connectivity index is 2.06. The third kappa shape index (κ3) is 3.93. The summed E-state index contributed by atoms with van der Waals surface area (Å²) in [6.45, 7) is 0.677. The van der Waals surface area contributed by atoms with Gasteiger partial charge in [0.25, 0.3) is 5.69 Å². The summed E-state index contributed by atoms with van der Waals surface area (Å²) in [5.41, 5.74) is 2.22. The van der Waals surface area contributed by atoms with Crippen LogP contribution in [0.1, 0.15) is 11.1 Å². The van der Waals surface area contributed by atoms with Crippen molar-refractivity contribution in [2.24, 2.45) is 0 Å². The highest BCUT2D eigenvalue weighted by atomic mass is 35.5. The van der Waals surface area contributed by atoms with Crippen LogP contribution < -0.4 is 5.32 Å². The number of nitro groups is 1. The molecule has 0 fully saturated rings. The van der Waals surface area contributed by atoms with Crippen molar-refractivity contribution >= 4 is 23.0 Å². The van der Waals surface area contributed by atoms with Crippen LogP contribution in [-0.4, -0.2) is 12.0 Å². The van der Waals surface area contributed by atoms with Crippen molar-refractivity contribution in [1.29, 1.82) is 0 Å². The molecule has 0 amide bonds. The highest BCUT2D eigenvalue weighted by Gasteiger charge is 2.15. The molecule has 110 valence electrons. The zero-order valence-corrected chi connectivity index (χ0v) is 12.3. The molecule has 21 heavy (non-hydrogen) atoms. The van der Waals surface area contributed by atoms with Crippen molar-refractivity contribution in [3.8, 4) is 0 Å². The molecule has 0 aliphatic carbocycles. The second-order valence-electron chi connectivity index (χ2n) is 4.44. The van der Waals surface area contributed by atoms with Gasteiger partial charge in [0.2, 0.25) is 0 Å². The van der Waals surface area contributed by atoms with Crippen LogP contribution in [0.15, 0.2) is 42.5 Å². The molecule has 2 aromatic rings. The van der Waals surface area contributed by atoms with Crippen molar-refractivity contribution < 1.29 is 9.66 Å². The first kappa shape index (κ1) is 15.3. The van der Waals surface area contributed by atoms with Crippen molar-refractivity contribution in [3.63, 3.8) is 0 Å². The zero-order valence-electron chi connectivity index (χ0n) is 11.5. The van der Waals surface area contributed by atoms with Gasteiger partial charge in [-0.05, 0) is 17.7 Å². The first-order chi connectivity index (χ1) is 10.1. The number of benzene rings is 2. The van der Waals surface area contributed by atoms with E-state index in [4.69, 9.17) is 16.3 Å². The average Bonchev–Trinajstić information content (AvgIpc) is 2.47. The van der Waals surface area contributed by atoms with Gasteiger partial charge in [0, 0.05) is 23.7 Å². The lowest BCUT2D eigenvalue weighted by Crippen LogP contribution is -2.03. The number of anilines is 1. The molecule has 0 bridgehead atoms. The van der Waals surface area contributed by atoms with E-state index < -0.39 is 4.92 Å². The minimum absolute atomic E-state index is 0.0429. The Kier molecular flexibility index (Phi) is 5.14. The second-order valence-corrected chi connectivity index (χ2v) is 4.88. The summed E-state index contributed by atoms with van der Waals surface area (Å²) >= 11 is 5.90. The normalized spacial score (nSPS) is 10.4. The van der Waals surface area contributed by atoms with E-state index in [1.54, 1.807) is 25.2 Å². The van der Waals surface area contributed by atoms with E-state index in [2.05, 4.69) is 5.32 Å². The molecule has 0 aliphatic rings. The molecule has 1 N–H and O–H groups in total. The fourth-order valence-electron chi connectivity index (χ4n) is 2.05. The molecule has 0 unspecified atom stereocenters. The second kappa shape index (κ2) is 7.06. The smallest absolute Gasteiger partial charge is 0.292 e. The molecular formula is C15H15ClN2O3. The van der Waals surface area contributed by atoms with Crippen LogP contribution in [0.3, 0.4) is 0 Å². The molecule has 0 atom stereocenters. The Morgan fingerprint density at radius 3 is 2.67 bits per heavy atom. The van der Waals surface area contributed by atoms with Crippen molar-refractivity contribution in [2.45, 2.75) is 13.2 Å². The molecule has 0 saturated heterocycles. The van der Waals surface area contributed by atoms with Gasteiger partial charge in [0.05, 0.1) is 18.1 Å². The number of nitrogens with zero attached hydrogens (tertiary/aromatic N) is 1. The summed E-state index contributed by atoms with van der Waals surface area (Å²) in [4.78, 5) is 10.6. The van der Waals surface area contributed by atoms with Crippen LogP contribution in [-0.2, 0) is 18.0 Å². The molecule has 0 radical (unpaired) electrons. The average molecular weight is 307 g/mol.